The number of aromatic nitrogens is 1. The van der Waals surface area contributed by atoms with Crippen molar-refractivity contribution in [1.29, 1.82) is 0 Å². The summed E-state index contributed by atoms with van der Waals surface area (Å²) in [5.41, 5.74) is 8.42. The Bertz CT molecular complexity index is 857. The molecule has 9 nitrogen and oxygen atoms in total. The van der Waals surface area contributed by atoms with Gasteiger partial charge in [-0.2, -0.15) is 4.73 Å². The summed E-state index contributed by atoms with van der Waals surface area (Å²) in [5, 5.41) is 14.4. The first-order valence-electron chi connectivity index (χ1n) is 5.83. The minimum Gasteiger partial charge on any atom is -0.619 e. The van der Waals surface area contributed by atoms with Gasteiger partial charge in [-0.1, -0.05) is 17.2 Å². The van der Waals surface area contributed by atoms with Crippen LogP contribution in [0.5, 0.6) is 0 Å². The van der Waals surface area contributed by atoms with Gasteiger partial charge in [-0.3, -0.25) is 4.79 Å². The fourth-order valence-electron chi connectivity index (χ4n) is 1.57. The van der Waals surface area contributed by atoms with Crippen molar-refractivity contribution in [3.63, 3.8) is 0 Å². The summed E-state index contributed by atoms with van der Waals surface area (Å²) in [6.45, 7) is 0. The normalized spacial score (nSPS) is 10.5. The van der Waals surface area contributed by atoms with E-state index in [9.17, 15) is 18.4 Å². The second-order valence-corrected chi connectivity index (χ2v) is 5.75. The van der Waals surface area contributed by atoms with E-state index in [0.29, 0.717) is 4.73 Å². The number of carbonyl (C=O) groups is 1. The first kappa shape index (κ1) is 15.3. The Balaban J connectivity index is 2.23. The highest BCUT2D eigenvalue weighted by Gasteiger charge is 2.19. The monoisotopic (exact) mass is 319 g/mol. The molecule has 1 N–H and O–H groups in total. The molecule has 0 saturated carbocycles. The van der Waals surface area contributed by atoms with Gasteiger partial charge in [0.15, 0.2) is 12.4 Å². The summed E-state index contributed by atoms with van der Waals surface area (Å²) in [5.74, 6) is -0.927. The molecule has 0 bridgehead atoms. The Morgan fingerprint density at radius 3 is 2.55 bits per heavy atom. The van der Waals surface area contributed by atoms with Gasteiger partial charge in [0, 0.05) is 16.7 Å². The van der Waals surface area contributed by atoms with Crippen molar-refractivity contribution in [2.75, 3.05) is 0 Å². The molecule has 1 amide bonds. The maximum absolute atomic E-state index is 12.0. The predicted molar refractivity (Wildman–Crippen MR) is 75.3 cm³/mol. The summed E-state index contributed by atoms with van der Waals surface area (Å²) in [6.07, 6.45) is 2.12. The van der Waals surface area contributed by atoms with E-state index in [1.807, 2.05) is 4.72 Å². The molecular formula is C12H9N5O4S. The SMILES string of the molecule is [N-]=[N+]=Nc1ccc(S(=O)(=O)NC(=O)c2ccc[n+]([O-])c2)cc1. The molecule has 2 aromatic rings. The first-order chi connectivity index (χ1) is 10.4. The molecular weight excluding hydrogens is 310 g/mol. The maximum Gasteiger partial charge on any atom is 0.271 e. The molecule has 0 aliphatic carbocycles. The predicted octanol–water partition coefficient (Wildman–Crippen LogP) is 1.38. The van der Waals surface area contributed by atoms with Crippen LogP contribution in [-0.4, -0.2) is 14.3 Å². The summed E-state index contributed by atoms with van der Waals surface area (Å²) < 4.78 is 26.3. The highest BCUT2D eigenvalue weighted by atomic mass is 32.2. The van der Waals surface area contributed by atoms with Gasteiger partial charge in [-0.15, -0.1) is 0 Å². The van der Waals surface area contributed by atoms with E-state index in [2.05, 4.69) is 10.0 Å². The van der Waals surface area contributed by atoms with E-state index in [4.69, 9.17) is 5.53 Å². The van der Waals surface area contributed by atoms with Gasteiger partial charge in [0.2, 0.25) is 0 Å². The molecule has 0 fully saturated rings. The van der Waals surface area contributed by atoms with E-state index < -0.39 is 15.9 Å². The van der Waals surface area contributed by atoms with Crippen LogP contribution in [0, 0.1) is 5.21 Å². The van der Waals surface area contributed by atoms with Gasteiger partial charge in [0.1, 0.15) is 5.56 Å². The lowest BCUT2D eigenvalue weighted by Gasteiger charge is -2.07. The number of nitrogens with zero attached hydrogens (tertiary/aromatic N) is 4. The van der Waals surface area contributed by atoms with Crippen LogP contribution in [0.3, 0.4) is 0 Å². The Hall–Kier alpha value is -3.10. The minimum atomic E-state index is -4.10. The van der Waals surface area contributed by atoms with Gasteiger partial charge in [0.05, 0.1) is 4.90 Å². The second kappa shape index (κ2) is 6.12. The largest absolute Gasteiger partial charge is 0.619 e. The zero-order valence-corrected chi connectivity index (χ0v) is 11.8. The van der Waals surface area contributed by atoms with E-state index in [1.54, 1.807) is 0 Å². The van der Waals surface area contributed by atoms with E-state index in [1.165, 1.54) is 42.6 Å². The number of amides is 1. The van der Waals surface area contributed by atoms with Gasteiger partial charge < -0.3 is 5.21 Å². The van der Waals surface area contributed by atoms with Gasteiger partial charge in [-0.25, -0.2) is 13.1 Å². The molecule has 1 aromatic heterocycles. The highest BCUT2D eigenvalue weighted by molar-refractivity contribution is 7.90. The average molecular weight is 319 g/mol. The van der Waals surface area contributed by atoms with Crippen molar-refractivity contribution in [2.24, 2.45) is 5.11 Å². The minimum absolute atomic E-state index is 0.0909. The number of carbonyl (C=O) groups excluding carboxylic acids is 1. The molecule has 1 heterocycles. The zero-order valence-electron chi connectivity index (χ0n) is 10.9. The number of azide groups is 1. The van der Waals surface area contributed by atoms with Crippen LogP contribution >= 0.6 is 0 Å². The van der Waals surface area contributed by atoms with E-state index in [0.717, 1.165) is 6.20 Å². The molecule has 0 spiro atoms. The third kappa shape index (κ3) is 3.51. The number of nitrogens with one attached hydrogen (secondary N) is 1. The van der Waals surface area contributed by atoms with Crippen LogP contribution in [0.15, 0.2) is 58.8 Å². The number of hydrogen-bond acceptors (Lipinski definition) is 5. The van der Waals surface area contributed by atoms with E-state index in [-0.39, 0.29) is 16.1 Å². The maximum atomic E-state index is 12.0. The number of rotatable bonds is 4. The third-order valence-corrected chi connectivity index (χ3v) is 3.92. The smallest absolute Gasteiger partial charge is 0.271 e. The molecule has 112 valence electrons. The van der Waals surface area contributed by atoms with E-state index >= 15 is 0 Å². The Morgan fingerprint density at radius 1 is 1.27 bits per heavy atom. The molecule has 0 atom stereocenters. The molecule has 22 heavy (non-hydrogen) atoms. The standard InChI is InChI=1S/C12H9N5O4S/c13-16-14-10-3-5-11(6-4-10)22(20,21)15-12(18)9-2-1-7-17(19)8-9/h1-8H,(H,15,18). The van der Waals surface area contributed by atoms with Gasteiger partial charge >= 0.3 is 0 Å². The number of benzene rings is 1. The average Bonchev–Trinajstić information content (AvgIpc) is 2.48. The van der Waals surface area contributed by atoms with Gasteiger partial charge in [-0.05, 0) is 23.7 Å². The van der Waals surface area contributed by atoms with Crippen molar-refractivity contribution in [2.45, 2.75) is 4.90 Å². The summed E-state index contributed by atoms with van der Waals surface area (Å²) in [7, 11) is -4.10. The lowest BCUT2D eigenvalue weighted by Crippen LogP contribution is -2.33. The summed E-state index contributed by atoms with van der Waals surface area (Å²) in [6, 6.07) is 7.61. The quantitative estimate of drug-likeness (QED) is 0.299. The Kier molecular flexibility index (Phi) is 4.25. The van der Waals surface area contributed by atoms with Crippen LogP contribution < -0.4 is 9.45 Å². The van der Waals surface area contributed by atoms with Crippen LogP contribution in [0.25, 0.3) is 10.4 Å². The zero-order chi connectivity index (χ0) is 16.2. The van der Waals surface area contributed by atoms with Crippen molar-refractivity contribution in [1.82, 2.24) is 4.72 Å². The van der Waals surface area contributed by atoms with Crippen LogP contribution in [0.1, 0.15) is 10.4 Å². The molecule has 0 saturated heterocycles. The van der Waals surface area contributed by atoms with Crippen molar-refractivity contribution in [3.8, 4) is 0 Å². The lowest BCUT2D eigenvalue weighted by atomic mass is 10.3. The number of pyridine rings is 1. The van der Waals surface area contributed by atoms with Crippen LogP contribution in [0.2, 0.25) is 0 Å². The fourth-order valence-corrected chi connectivity index (χ4v) is 2.55. The number of sulfonamides is 1. The topological polar surface area (TPSA) is 139 Å². The molecule has 0 unspecified atom stereocenters. The summed E-state index contributed by atoms with van der Waals surface area (Å²) in [4.78, 5) is 14.2. The van der Waals surface area contributed by atoms with Crippen LogP contribution in [-0.2, 0) is 10.0 Å². The Labute approximate surface area is 125 Å². The van der Waals surface area contributed by atoms with Crippen molar-refractivity contribution in [3.05, 3.63) is 70.0 Å². The van der Waals surface area contributed by atoms with Gasteiger partial charge in [0.25, 0.3) is 15.9 Å². The fraction of sp³-hybridized carbons (Fsp3) is 0. The Morgan fingerprint density at radius 2 is 1.95 bits per heavy atom. The molecule has 1 aromatic carbocycles. The number of hydrogen-bond donors (Lipinski definition) is 1. The molecule has 10 heteroatoms. The van der Waals surface area contributed by atoms with Crippen LogP contribution in [0.4, 0.5) is 5.69 Å². The summed E-state index contributed by atoms with van der Waals surface area (Å²) >= 11 is 0. The molecule has 0 aliphatic heterocycles. The highest BCUT2D eigenvalue weighted by Crippen LogP contribution is 2.16. The third-order valence-electron chi connectivity index (χ3n) is 2.57. The van der Waals surface area contributed by atoms with Crippen molar-refractivity contribution >= 4 is 21.6 Å². The molecule has 0 radical (unpaired) electrons. The lowest BCUT2D eigenvalue weighted by molar-refractivity contribution is -0.605. The van der Waals surface area contributed by atoms with Crippen molar-refractivity contribution < 1.29 is 17.9 Å². The molecule has 0 aliphatic rings. The first-order valence-corrected chi connectivity index (χ1v) is 7.32. The second-order valence-electron chi connectivity index (χ2n) is 4.07. The molecule has 2 rings (SSSR count).